The number of hydrogen-bond acceptors (Lipinski definition) is 6. The number of ether oxygens (including phenoxy) is 1. The van der Waals surface area contributed by atoms with Gasteiger partial charge in [0, 0.05) is 38.2 Å². The molecular weight excluding hydrogens is 375 g/mol. The first-order valence-electron chi connectivity index (χ1n) is 9.57. The molecule has 1 amide bonds. The van der Waals surface area contributed by atoms with Gasteiger partial charge in [-0.15, -0.1) is 0 Å². The molecular formula is C20H23FN6O2. The summed E-state index contributed by atoms with van der Waals surface area (Å²) in [7, 11) is 3.26. The number of fused-ring (bicyclic) bond motifs is 1. The third-order valence-corrected chi connectivity index (χ3v) is 5.25. The van der Waals surface area contributed by atoms with Crippen molar-refractivity contribution in [3.8, 4) is 17.1 Å². The lowest BCUT2D eigenvalue weighted by molar-refractivity contribution is -0.129. The van der Waals surface area contributed by atoms with Crippen LogP contribution in [0.2, 0.25) is 0 Å². The summed E-state index contributed by atoms with van der Waals surface area (Å²) in [5, 5.41) is 3.40. The molecule has 0 spiro atoms. The van der Waals surface area contributed by atoms with Crippen molar-refractivity contribution in [2.24, 2.45) is 7.05 Å². The van der Waals surface area contributed by atoms with Gasteiger partial charge in [-0.25, -0.2) is 19.3 Å². The van der Waals surface area contributed by atoms with Crippen LogP contribution in [0.15, 0.2) is 24.5 Å². The van der Waals surface area contributed by atoms with Gasteiger partial charge in [0.25, 0.3) is 0 Å². The molecule has 3 heterocycles. The van der Waals surface area contributed by atoms with Gasteiger partial charge in [0.05, 0.1) is 7.11 Å². The predicted molar refractivity (Wildman–Crippen MR) is 107 cm³/mol. The number of nitrogens with one attached hydrogen (secondary N) is 1. The largest absolute Gasteiger partial charge is 0.494 e. The van der Waals surface area contributed by atoms with Crippen LogP contribution in [0.25, 0.3) is 22.6 Å². The lowest BCUT2D eigenvalue weighted by atomic mass is 10.2. The normalized spacial score (nSPS) is 16.4. The Bertz CT molecular complexity index is 1070. The summed E-state index contributed by atoms with van der Waals surface area (Å²) in [6.07, 6.45) is 2.84. The average Bonchev–Trinajstić information content (AvgIpc) is 3.33. The molecule has 9 heteroatoms. The maximum atomic E-state index is 14.2. The summed E-state index contributed by atoms with van der Waals surface area (Å²) in [5.41, 5.74) is 1.88. The van der Waals surface area contributed by atoms with Crippen LogP contribution in [0.3, 0.4) is 0 Å². The van der Waals surface area contributed by atoms with E-state index in [1.807, 2.05) is 23.4 Å². The highest BCUT2D eigenvalue weighted by molar-refractivity contribution is 5.86. The highest BCUT2D eigenvalue weighted by Gasteiger charge is 2.26. The highest BCUT2D eigenvalue weighted by atomic mass is 19.1. The minimum atomic E-state index is -0.451. The van der Waals surface area contributed by atoms with Crippen molar-refractivity contribution in [3.05, 3.63) is 30.3 Å². The lowest BCUT2D eigenvalue weighted by Crippen LogP contribution is -2.31. The average molecular weight is 398 g/mol. The Hall–Kier alpha value is -3.23. The number of anilines is 1. The van der Waals surface area contributed by atoms with Crippen molar-refractivity contribution in [2.75, 3.05) is 25.5 Å². The molecule has 4 rings (SSSR count). The van der Waals surface area contributed by atoms with E-state index in [9.17, 15) is 9.18 Å². The molecule has 0 saturated carbocycles. The first-order chi connectivity index (χ1) is 14.0. The van der Waals surface area contributed by atoms with E-state index in [-0.39, 0.29) is 17.7 Å². The number of carbonyl (C=O) groups is 1. The highest BCUT2D eigenvalue weighted by Crippen LogP contribution is 2.29. The van der Waals surface area contributed by atoms with Crippen molar-refractivity contribution >= 4 is 22.9 Å². The maximum Gasteiger partial charge on any atom is 0.222 e. The molecule has 0 aliphatic carbocycles. The van der Waals surface area contributed by atoms with Crippen molar-refractivity contribution in [3.63, 3.8) is 0 Å². The van der Waals surface area contributed by atoms with E-state index in [0.29, 0.717) is 41.3 Å². The number of halogens is 1. The number of aromatic nitrogens is 4. The molecule has 1 N–H and O–H groups in total. The Labute approximate surface area is 167 Å². The molecule has 3 aromatic rings. The molecule has 1 aliphatic heterocycles. The molecule has 8 nitrogen and oxygen atoms in total. The van der Waals surface area contributed by atoms with Crippen LogP contribution < -0.4 is 10.1 Å². The Morgan fingerprint density at radius 1 is 1.38 bits per heavy atom. The van der Waals surface area contributed by atoms with Gasteiger partial charge in [-0.1, -0.05) is 6.92 Å². The van der Waals surface area contributed by atoms with Gasteiger partial charge >= 0.3 is 0 Å². The van der Waals surface area contributed by atoms with Crippen LogP contribution in [0.1, 0.15) is 19.8 Å². The van der Waals surface area contributed by atoms with Crippen LogP contribution in [-0.4, -0.2) is 56.6 Å². The summed E-state index contributed by atoms with van der Waals surface area (Å²) < 4.78 is 21.0. The fourth-order valence-electron chi connectivity index (χ4n) is 3.69. The van der Waals surface area contributed by atoms with Crippen LogP contribution in [0.4, 0.5) is 10.2 Å². The van der Waals surface area contributed by atoms with E-state index < -0.39 is 5.82 Å². The second kappa shape index (κ2) is 7.65. The second-order valence-electron chi connectivity index (χ2n) is 7.06. The molecule has 1 fully saturated rings. The standard InChI is InChI=1S/C20H23FN6O2/c1-4-16(28)27-8-7-13(10-27)24-18-17-20(23-11-22-18)26(2)19(25-17)12-5-6-15(29-3)14(21)9-12/h5-6,9,11,13H,4,7-8,10H2,1-3H3,(H,22,23,24). The van der Waals surface area contributed by atoms with E-state index in [2.05, 4.69) is 20.3 Å². The summed E-state index contributed by atoms with van der Waals surface area (Å²) in [6.45, 7) is 3.24. The second-order valence-corrected chi connectivity index (χ2v) is 7.06. The summed E-state index contributed by atoms with van der Waals surface area (Å²) in [6, 6.07) is 4.83. The smallest absolute Gasteiger partial charge is 0.222 e. The van der Waals surface area contributed by atoms with Crippen molar-refractivity contribution in [1.29, 1.82) is 0 Å². The zero-order valence-electron chi connectivity index (χ0n) is 16.6. The summed E-state index contributed by atoms with van der Waals surface area (Å²) in [4.78, 5) is 27.2. The van der Waals surface area contributed by atoms with Gasteiger partial charge < -0.3 is 19.5 Å². The van der Waals surface area contributed by atoms with Crippen molar-refractivity contribution < 1.29 is 13.9 Å². The zero-order valence-corrected chi connectivity index (χ0v) is 16.6. The molecule has 0 radical (unpaired) electrons. The molecule has 152 valence electrons. The van der Waals surface area contributed by atoms with Crippen LogP contribution in [-0.2, 0) is 11.8 Å². The molecule has 1 atom stereocenters. The third-order valence-electron chi connectivity index (χ3n) is 5.25. The van der Waals surface area contributed by atoms with Crippen molar-refractivity contribution in [2.45, 2.75) is 25.8 Å². The third kappa shape index (κ3) is 3.48. The van der Waals surface area contributed by atoms with Crippen LogP contribution >= 0.6 is 0 Å². The monoisotopic (exact) mass is 398 g/mol. The van der Waals surface area contributed by atoms with Gasteiger partial charge in [-0.3, -0.25) is 4.79 Å². The molecule has 1 saturated heterocycles. The van der Waals surface area contributed by atoms with Gasteiger partial charge in [-0.05, 0) is 24.6 Å². The topological polar surface area (TPSA) is 85.2 Å². The number of amides is 1. The summed E-state index contributed by atoms with van der Waals surface area (Å²) in [5.74, 6) is 1.08. The molecule has 1 unspecified atom stereocenters. The van der Waals surface area contributed by atoms with Gasteiger partial charge in [-0.2, -0.15) is 0 Å². The Kier molecular flexibility index (Phi) is 5.04. The predicted octanol–water partition coefficient (Wildman–Crippen LogP) is 2.60. The first-order valence-corrected chi connectivity index (χ1v) is 9.57. The molecule has 1 aromatic carbocycles. The molecule has 1 aliphatic rings. The number of methoxy groups -OCH3 is 1. The van der Waals surface area contributed by atoms with Gasteiger partial charge in [0.15, 0.2) is 28.5 Å². The van der Waals surface area contributed by atoms with Gasteiger partial charge in [0.2, 0.25) is 5.91 Å². The van der Waals surface area contributed by atoms with Crippen LogP contribution in [0.5, 0.6) is 5.75 Å². The fraction of sp³-hybridized carbons (Fsp3) is 0.400. The molecule has 0 bridgehead atoms. The van der Waals surface area contributed by atoms with Crippen LogP contribution in [0, 0.1) is 5.82 Å². The number of imidazole rings is 1. The zero-order chi connectivity index (χ0) is 20.5. The van der Waals surface area contributed by atoms with E-state index in [1.54, 1.807) is 12.1 Å². The number of carbonyl (C=O) groups excluding carboxylic acids is 1. The summed E-state index contributed by atoms with van der Waals surface area (Å²) >= 11 is 0. The van der Waals surface area contributed by atoms with E-state index >= 15 is 0 Å². The van der Waals surface area contributed by atoms with E-state index in [0.717, 1.165) is 13.0 Å². The Balaban J connectivity index is 1.65. The van der Waals surface area contributed by atoms with Crippen molar-refractivity contribution in [1.82, 2.24) is 24.4 Å². The number of hydrogen-bond donors (Lipinski definition) is 1. The fourth-order valence-corrected chi connectivity index (χ4v) is 3.69. The first kappa shape index (κ1) is 19.1. The SMILES string of the molecule is CCC(=O)N1CCC(Nc2ncnc3c2nc(-c2ccc(OC)c(F)c2)n3C)C1. The number of rotatable bonds is 5. The minimum Gasteiger partial charge on any atom is -0.494 e. The minimum absolute atomic E-state index is 0.104. The molecule has 29 heavy (non-hydrogen) atoms. The van der Waals surface area contributed by atoms with E-state index in [4.69, 9.17) is 4.74 Å². The molecule has 2 aromatic heterocycles. The lowest BCUT2D eigenvalue weighted by Gasteiger charge is -2.16. The van der Waals surface area contributed by atoms with Gasteiger partial charge in [0.1, 0.15) is 12.2 Å². The number of aryl methyl sites for hydroxylation is 1. The Morgan fingerprint density at radius 3 is 2.93 bits per heavy atom. The number of benzene rings is 1. The quantitative estimate of drug-likeness (QED) is 0.711. The maximum absolute atomic E-state index is 14.2. The van der Waals surface area contributed by atoms with E-state index in [1.165, 1.54) is 19.5 Å². The number of nitrogens with zero attached hydrogens (tertiary/aromatic N) is 5. The number of likely N-dealkylation sites (tertiary alicyclic amines) is 1. The Morgan fingerprint density at radius 2 is 2.21 bits per heavy atom.